The summed E-state index contributed by atoms with van der Waals surface area (Å²) in [6.45, 7) is 3.20. The van der Waals surface area contributed by atoms with Crippen molar-refractivity contribution >= 4 is 35.8 Å². The van der Waals surface area contributed by atoms with Gasteiger partial charge in [0.15, 0.2) is 5.96 Å². The van der Waals surface area contributed by atoms with Gasteiger partial charge in [0.2, 0.25) is 5.91 Å². The predicted octanol–water partition coefficient (Wildman–Crippen LogP) is 2.76. The fourth-order valence-electron chi connectivity index (χ4n) is 2.54. The number of nitrogens with zero attached hydrogens (tertiary/aromatic N) is 2. The molecule has 9 heteroatoms. The van der Waals surface area contributed by atoms with E-state index in [1.165, 1.54) is 0 Å². The number of carbonyl (C=O) groups is 1. The summed E-state index contributed by atoms with van der Waals surface area (Å²) in [6.07, 6.45) is -0.0364. The molecule has 0 bridgehead atoms. The van der Waals surface area contributed by atoms with E-state index in [0.29, 0.717) is 23.4 Å². The molecule has 0 atom stereocenters. The van der Waals surface area contributed by atoms with Crippen molar-refractivity contribution in [3.05, 3.63) is 0 Å². The van der Waals surface area contributed by atoms with Gasteiger partial charge in [-0.1, -0.05) is 6.92 Å². The number of guanidine groups is 1. The largest absolute Gasteiger partial charge is 0.406 e. The Morgan fingerprint density at radius 3 is 2.33 bits per heavy atom. The first kappa shape index (κ1) is 23.3. The molecule has 0 aromatic heterocycles. The van der Waals surface area contributed by atoms with Gasteiger partial charge in [-0.2, -0.15) is 13.2 Å². The number of hydrogen-bond donors (Lipinski definition) is 2. The van der Waals surface area contributed by atoms with Crippen LogP contribution in [0.3, 0.4) is 0 Å². The van der Waals surface area contributed by atoms with Gasteiger partial charge < -0.3 is 15.5 Å². The van der Waals surface area contributed by atoms with Crippen molar-refractivity contribution in [3.8, 4) is 0 Å². The van der Waals surface area contributed by atoms with Crippen LogP contribution in [0.5, 0.6) is 0 Å². The zero-order valence-corrected chi connectivity index (χ0v) is 16.8. The highest BCUT2D eigenvalue weighted by Gasteiger charge is 2.31. The van der Waals surface area contributed by atoms with Gasteiger partial charge in [0.25, 0.3) is 0 Å². The Hall–Kier alpha value is -0.740. The zero-order chi connectivity index (χ0) is 17.5. The van der Waals surface area contributed by atoms with Crippen molar-refractivity contribution in [3.63, 3.8) is 0 Å². The Kier molecular flexibility index (Phi) is 10.6. The molecule has 0 saturated heterocycles. The molecule has 0 heterocycles. The first-order chi connectivity index (χ1) is 10.7. The van der Waals surface area contributed by atoms with E-state index in [2.05, 4.69) is 22.5 Å². The number of nitrogens with one attached hydrogen (secondary N) is 2. The minimum absolute atomic E-state index is 0. The van der Waals surface area contributed by atoms with Crippen LogP contribution in [0.1, 0.15) is 39.5 Å². The molecule has 1 aliphatic rings. The molecule has 0 radical (unpaired) electrons. The summed E-state index contributed by atoms with van der Waals surface area (Å²) in [4.78, 5) is 16.5. The Labute approximate surface area is 158 Å². The van der Waals surface area contributed by atoms with Crippen LogP contribution in [0.25, 0.3) is 0 Å². The molecule has 1 rings (SSSR count). The van der Waals surface area contributed by atoms with Crippen molar-refractivity contribution in [2.75, 3.05) is 26.7 Å². The summed E-state index contributed by atoms with van der Waals surface area (Å²) in [5, 5.41) is 6.30. The van der Waals surface area contributed by atoms with E-state index in [1.807, 2.05) is 6.92 Å². The number of hydrogen-bond acceptors (Lipinski definition) is 2. The molecule has 0 spiro atoms. The van der Waals surface area contributed by atoms with Crippen LogP contribution in [0, 0.1) is 5.92 Å². The van der Waals surface area contributed by atoms with Gasteiger partial charge in [0, 0.05) is 19.6 Å². The molecule has 1 aliphatic carbocycles. The predicted molar refractivity (Wildman–Crippen MR) is 99.6 cm³/mol. The highest BCUT2D eigenvalue weighted by molar-refractivity contribution is 14.0. The number of alkyl halides is 3. The fourth-order valence-corrected chi connectivity index (χ4v) is 2.54. The summed E-state index contributed by atoms with van der Waals surface area (Å²) in [5.74, 6) is 0.558. The van der Waals surface area contributed by atoms with Gasteiger partial charge >= 0.3 is 6.18 Å². The third-order valence-electron chi connectivity index (χ3n) is 3.92. The van der Waals surface area contributed by atoms with Crippen LogP contribution in [-0.2, 0) is 4.79 Å². The van der Waals surface area contributed by atoms with Gasteiger partial charge in [0.05, 0.1) is 0 Å². The highest BCUT2D eigenvalue weighted by atomic mass is 127. The Morgan fingerprint density at radius 1 is 1.25 bits per heavy atom. The lowest BCUT2D eigenvalue weighted by molar-refractivity contribution is -0.157. The molecule has 0 aromatic carbocycles. The average Bonchev–Trinajstić information content (AvgIpc) is 2.45. The van der Waals surface area contributed by atoms with E-state index in [-0.39, 0.29) is 30.5 Å². The van der Waals surface area contributed by atoms with Crippen LogP contribution in [0.15, 0.2) is 4.99 Å². The normalized spacial score (nSPS) is 21.7. The molecule has 0 unspecified atom stereocenters. The molecule has 0 aliphatic heterocycles. The van der Waals surface area contributed by atoms with Crippen LogP contribution in [0.4, 0.5) is 13.2 Å². The van der Waals surface area contributed by atoms with Crippen molar-refractivity contribution in [2.24, 2.45) is 10.9 Å². The quantitative estimate of drug-likeness (QED) is 0.374. The van der Waals surface area contributed by atoms with Gasteiger partial charge in [-0.05, 0) is 38.5 Å². The lowest BCUT2D eigenvalue weighted by atomic mass is 9.87. The number of carbonyl (C=O) groups excluding carboxylic acids is 1. The van der Waals surface area contributed by atoms with Gasteiger partial charge in [0.1, 0.15) is 13.1 Å². The second-order valence-electron chi connectivity index (χ2n) is 6.16. The minimum atomic E-state index is -4.39. The number of aliphatic imine (C=N–C) groups is 1. The zero-order valence-electron chi connectivity index (χ0n) is 14.4. The molecule has 1 fully saturated rings. The van der Waals surface area contributed by atoms with Crippen LogP contribution in [0.2, 0.25) is 0 Å². The first-order valence-corrected chi connectivity index (χ1v) is 8.06. The van der Waals surface area contributed by atoms with E-state index in [1.54, 1.807) is 0 Å². The summed E-state index contributed by atoms with van der Waals surface area (Å²) in [7, 11) is 1.13. The maximum absolute atomic E-state index is 12.3. The van der Waals surface area contributed by atoms with Gasteiger partial charge in [-0.25, -0.2) is 4.99 Å². The maximum atomic E-state index is 12.3. The number of likely N-dealkylation sites (N-methyl/N-ethyl adjacent to an activating group) is 1. The Balaban J connectivity index is 0.00000529. The summed E-state index contributed by atoms with van der Waals surface area (Å²) < 4.78 is 36.8. The van der Waals surface area contributed by atoms with Crippen molar-refractivity contribution in [2.45, 2.75) is 51.7 Å². The Bertz CT molecular complexity index is 410. The highest BCUT2D eigenvalue weighted by Crippen LogP contribution is 2.23. The Morgan fingerprint density at radius 2 is 1.83 bits per heavy atom. The average molecular weight is 464 g/mol. The molecule has 5 nitrogen and oxygen atoms in total. The maximum Gasteiger partial charge on any atom is 0.406 e. The lowest BCUT2D eigenvalue weighted by Crippen LogP contribution is -2.45. The van der Waals surface area contributed by atoms with Crippen molar-refractivity contribution < 1.29 is 18.0 Å². The molecule has 1 saturated carbocycles. The molecular weight excluding hydrogens is 436 g/mol. The third-order valence-corrected chi connectivity index (χ3v) is 3.92. The number of rotatable bonds is 5. The molecule has 142 valence electrons. The number of amides is 1. The monoisotopic (exact) mass is 464 g/mol. The van der Waals surface area contributed by atoms with Crippen LogP contribution in [-0.4, -0.2) is 55.7 Å². The molecule has 1 amide bonds. The van der Waals surface area contributed by atoms with E-state index < -0.39 is 18.6 Å². The van der Waals surface area contributed by atoms with Crippen LogP contribution >= 0.6 is 24.0 Å². The van der Waals surface area contributed by atoms with E-state index >= 15 is 0 Å². The molecule has 0 aromatic rings. The summed E-state index contributed by atoms with van der Waals surface area (Å²) in [5.41, 5.74) is 0. The van der Waals surface area contributed by atoms with Crippen LogP contribution < -0.4 is 10.6 Å². The fraction of sp³-hybridized carbons (Fsp3) is 0.867. The smallest absolute Gasteiger partial charge is 0.357 e. The number of halogens is 4. The lowest BCUT2D eigenvalue weighted by Gasteiger charge is -2.28. The third kappa shape index (κ3) is 9.53. The minimum Gasteiger partial charge on any atom is -0.357 e. The molecular formula is C15H28F3IN4O. The van der Waals surface area contributed by atoms with Crippen molar-refractivity contribution in [1.29, 1.82) is 0 Å². The SMILES string of the molecule is CCNC(=NCC(=O)N(C)CC(F)(F)F)NC1CCC(C)CC1.I. The van der Waals surface area contributed by atoms with Crippen molar-refractivity contribution in [1.82, 2.24) is 15.5 Å². The van der Waals surface area contributed by atoms with E-state index in [0.717, 1.165) is 38.6 Å². The van der Waals surface area contributed by atoms with E-state index in [4.69, 9.17) is 0 Å². The second kappa shape index (κ2) is 11.0. The molecule has 24 heavy (non-hydrogen) atoms. The first-order valence-electron chi connectivity index (χ1n) is 8.06. The molecule has 2 N–H and O–H groups in total. The van der Waals surface area contributed by atoms with Gasteiger partial charge in [-0.15, -0.1) is 24.0 Å². The van der Waals surface area contributed by atoms with Gasteiger partial charge in [-0.3, -0.25) is 4.79 Å². The topological polar surface area (TPSA) is 56.7 Å². The standard InChI is InChI=1S/C15H27F3N4O.HI/c1-4-19-14(21-12-7-5-11(2)6-8-12)20-9-13(23)22(3)10-15(16,17)18;/h11-12H,4-10H2,1-3H3,(H2,19,20,21);1H. The second-order valence-corrected chi connectivity index (χ2v) is 6.16. The summed E-state index contributed by atoms with van der Waals surface area (Å²) >= 11 is 0. The van der Waals surface area contributed by atoms with E-state index in [9.17, 15) is 18.0 Å². The summed E-state index contributed by atoms with van der Waals surface area (Å²) in [6, 6.07) is 0.298.